The first-order chi connectivity index (χ1) is 9.08. The summed E-state index contributed by atoms with van der Waals surface area (Å²) in [4.78, 5) is 14.1. The summed E-state index contributed by atoms with van der Waals surface area (Å²) in [7, 11) is 1.84. The van der Waals surface area contributed by atoms with Gasteiger partial charge in [-0.1, -0.05) is 24.9 Å². The molecule has 1 rings (SSSR count). The average molecular weight is 269 g/mol. The Hall–Kier alpha value is -1.40. The molecule has 1 aromatic heterocycles. The van der Waals surface area contributed by atoms with Crippen LogP contribution in [0.3, 0.4) is 0 Å². The van der Waals surface area contributed by atoms with E-state index in [1.54, 1.807) is 13.0 Å². The van der Waals surface area contributed by atoms with E-state index >= 15 is 0 Å². The zero-order chi connectivity index (χ0) is 14.3. The molecule has 0 aliphatic carbocycles. The molecule has 1 amide bonds. The standard InChI is InChI=1S/C13H23N3O3/c1-4-5-6-11(16(3)7-8-17)13(18)14-12-9-10(2)19-15-12/h9,11,17H,4-8H2,1-3H3,(H,14,15,18). The first-order valence-electron chi connectivity index (χ1n) is 6.63. The summed E-state index contributed by atoms with van der Waals surface area (Å²) in [5.41, 5.74) is 0. The van der Waals surface area contributed by atoms with Crippen molar-refractivity contribution < 1.29 is 14.4 Å². The Morgan fingerprint density at radius 1 is 1.63 bits per heavy atom. The number of aliphatic hydroxyl groups is 1. The quantitative estimate of drug-likeness (QED) is 0.746. The largest absolute Gasteiger partial charge is 0.395 e. The lowest BCUT2D eigenvalue weighted by Crippen LogP contribution is -2.43. The summed E-state index contributed by atoms with van der Waals surface area (Å²) in [5.74, 6) is 0.975. The lowest BCUT2D eigenvalue weighted by atomic mass is 10.1. The Morgan fingerprint density at radius 3 is 2.89 bits per heavy atom. The highest BCUT2D eigenvalue weighted by atomic mass is 16.5. The predicted octanol–water partition coefficient (Wildman–Crippen LogP) is 1.40. The number of carbonyl (C=O) groups excluding carboxylic acids is 1. The van der Waals surface area contributed by atoms with Crippen molar-refractivity contribution in [3.8, 4) is 0 Å². The van der Waals surface area contributed by atoms with E-state index < -0.39 is 0 Å². The number of anilines is 1. The molecule has 19 heavy (non-hydrogen) atoms. The summed E-state index contributed by atoms with van der Waals surface area (Å²) in [6.07, 6.45) is 2.75. The SMILES string of the molecule is CCCCC(C(=O)Nc1cc(C)on1)N(C)CCO. The third-order valence-corrected chi connectivity index (χ3v) is 3.00. The number of carbonyl (C=O) groups is 1. The highest BCUT2D eigenvalue weighted by Crippen LogP contribution is 2.12. The fourth-order valence-corrected chi connectivity index (χ4v) is 1.90. The molecule has 108 valence electrons. The molecule has 0 radical (unpaired) electrons. The van der Waals surface area contributed by atoms with Gasteiger partial charge in [0.1, 0.15) is 5.76 Å². The van der Waals surface area contributed by atoms with Gasteiger partial charge in [0, 0.05) is 12.6 Å². The van der Waals surface area contributed by atoms with Crippen molar-refractivity contribution in [2.24, 2.45) is 0 Å². The molecule has 1 unspecified atom stereocenters. The summed E-state index contributed by atoms with van der Waals surface area (Å²) in [6, 6.07) is 1.42. The molecular formula is C13H23N3O3. The number of unbranched alkanes of at least 4 members (excludes halogenated alkanes) is 1. The molecule has 0 saturated carbocycles. The molecule has 6 nitrogen and oxygen atoms in total. The second-order valence-electron chi connectivity index (χ2n) is 4.67. The molecule has 0 saturated heterocycles. The molecule has 1 atom stereocenters. The van der Waals surface area contributed by atoms with Crippen molar-refractivity contribution >= 4 is 11.7 Å². The van der Waals surface area contributed by atoms with E-state index in [2.05, 4.69) is 17.4 Å². The number of nitrogens with one attached hydrogen (secondary N) is 1. The van der Waals surface area contributed by atoms with Gasteiger partial charge in [0.2, 0.25) is 5.91 Å². The Kier molecular flexibility index (Phi) is 6.52. The number of hydrogen-bond donors (Lipinski definition) is 2. The number of rotatable bonds is 8. The number of aliphatic hydroxyl groups excluding tert-OH is 1. The average Bonchev–Trinajstić information content (AvgIpc) is 2.75. The van der Waals surface area contributed by atoms with E-state index in [1.807, 2.05) is 11.9 Å². The van der Waals surface area contributed by atoms with Crippen LogP contribution in [-0.2, 0) is 4.79 Å². The predicted molar refractivity (Wildman–Crippen MR) is 72.9 cm³/mol. The van der Waals surface area contributed by atoms with Crippen LogP contribution >= 0.6 is 0 Å². The van der Waals surface area contributed by atoms with Gasteiger partial charge in [0.05, 0.1) is 12.6 Å². The van der Waals surface area contributed by atoms with Crippen LogP contribution in [0.2, 0.25) is 0 Å². The number of hydrogen-bond acceptors (Lipinski definition) is 5. The van der Waals surface area contributed by atoms with Crippen molar-refractivity contribution in [1.29, 1.82) is 0 Å². The molecule has 0 aromatic carbocycles. The minimum Gasteiger partial charge on any atom is -0.395 e. The second kappa shape index (κ2) is 7.91. The van der Waals surface area contributed by atoms with E-state index in [1.165, 1.54) is 0 Å². The third kappa shape index (κ3) is 5.00. The van der Waals surface area contributed by atoms with Crippen LogP contribution in [0.25, 0.3) is 0 Å². The van der Waals surface area contributed by atoms with Gasteiger partial charge in [-0.05, 0) is 20.4 Å². The Balaban J connectivity index is 2.64. The molecule has 0 fully saturated rings. The zero-order valence-electron chi connectivity index (χ0n) is 11.8. The molecule has 0 spiro atoms. The number of likely N-dealkylation sites (N-methyl/N-ethyl adjacent to an activating group) is 1. The van der Waals surface area contributed by atoms with Crippen molar-refractivity contribution in [3.63, 3.8) is 0 Å². The summed E-state index contributed by atoms with van der Waals surface area (Å²) >= 11 is 0. The van der Waals surface area contributed by atoms with Crippen LogP contribution in [0.5, 0.6) is 0 Å². The smallest absolute Gasteiger partial charge is 0.242 e. The Labute approximate surface area is 113 Å². The van der Waals surface area contributed by atoms with Crippen molar-refractivity contribution in [2.75, 3.05) is 25.5 Å². The highest BCUT2D eigenvalue weighted by Gasteiger charge is 2.23. The van der Waals surface area contributed by atoms with Gasteiger partial charge in [0.15, 0.2) is 5.82 Å². The van der Waals surface area contributed by atoms with Gasteiger partial charge < -0.3 is 14.9 Å². The fourth-order valence-electron chi connectivity index (χ4n) is 1.90. The van der Waals surface area contributed by atoms with E-state index in [4.69, 9.17) is 9.63 Å². The molecule has 6 heteroatoms. The summed E-state index contributed by atoms with van der Waals surface area (Å²) < 4.78 is 4.92. The summed E-state index contributed by atoms with van der Waals surface area (Å²) in [5, 5.41) is 15.5. The van der Waals surface area contributed by atoms with Gasteiger partial charge in [-0.2, -0.15) is 0 Å². The van der Waals surface area contributed by atoms with E-state index in [9.17, 15) is 4.79 Å². The van der Waals surface area contributed by atoms with Gasteiger partial charge in [-0.15, -0.1) is 0 Å². The fraction of sp³-hybridized carbons (Fsp3) is 0.692. The van der Waals surface area contributed by atoms with Crippen LogP contribution in [0, 0.1) is 6.92 Å². The topological polar surface area (TPSA) is 78.6 Å². The van der Waals surface area contributed by atoms with Crippen molar-refractivity contribution in [1.82, 2.24) is 10.1 Å². The van der Waals surface area contributed by atoms with Crippen LogP contribution in [0.1, 0.15) is 31.9 Å². The van der Waals surface area contributed by atoms with Gasteiger partial charge in [0.25, 0.3) is 0 Å². The lowest BCUT2D eigenvalue weighted by molar-refractivity contribution is -0.121. The van der Waals surface area contributed by atoms with Gasteiger partial charge in [-0.3, -0.25) is 9.69 Å². The number of amides is 1. The first kappa shape index (κ1) is 15.7. The zero-order valence-corrected chi connectivity index (χ0v) is 11.8. The number of nitrogens with zero attached hydrogens (tertiary/aromatic N) is 2. The molecule has 0 aliphatic rings. The van der Waals surface area contributed by atoms with E-state index in [0.717, 1.165) is 19.3 Å². The van der Waals surface area contributed by atoms with Crippen LogP contribution in [0.15, 0.2) is 10.6 Å². The molecular weight excluding hydrogens is 246 g/mol. The maximum Gasteiger partial charge on any atom is 0.242 e. The minimum atomic E-state index is -0.260. The molecule has 1 heterocycles. The lowest BCUT2D eigenvalue weighted by Gasteiger charge is -2.26. The highest BCUT2D eigenvalue weighted by molar-refractivity contribution is 5.93. The maximum absolute atomic E-state index is 12.2. The summed E-state index contributed by atoms with van der Waals surface area (Å²) in [6.45, 7) is 4.37. The van der Waals surface area contributed by atoms with Crippen molar-refractivity contribution in [3.05, 3.63) is 11.8 Å². The normalized spacial score (nSPS) is 12.7. The van der Waals surface area contributed by atoms with E-state index in [0.29, 0.717) is 18.1 Å². The number of aryl methyl sites for hydroxylation is 1. The molecule has 0 bridgehead atoms. The van der Waals surface area contributed by atoms with Gasteiger partial charge in [-0.25, -0.2) is 0 Å². The maximum atomic E-state index is 12.2. The van der Waals surface area contributed by atoms with Crippen LogP contribution in [0.4, 0.5) is 5.82 Å². The monoisotopic (exact) mass is 269 g/mol. The molecule has 2 N–H and O–H groups in total. The third-order valence-electron chi connectivity index (χ3n) is 3.00. The molecule has 0 aliphatic heterocycles. The molecule has 1 aromatic rings. The minimum absolute atomic E-state index is 0.0372. The van der Waals surface area contributed by atoms with Crippen molar-refractivity contribution in [2.45, 2.75) is 39.2 Å². The first-order valence-corrected chi connectivity index (χ1v) is 6.63. The van der Waals surface area contributed by atoms with Crippen LogP contribution < -0.4 is 5.32 Å². The van der Waals surface area contributed by atoms with Gasteiger partial charge >= 0.3 is 0 Å². The van der Waals surface area contributed by atoms with Crippen LogP contribution in [-0.4, -0.2) is 47.3 Å². The Morgan fingerprint density at radius 2 is 2.37 bits per heavy atom. The number of aromatic nitrogens is 1. The Bertz CT molecular complexity index is 392. The second-order valence-corrected chi connectivity index (χ2v) is 4.67. The van der Waals surface area contributed by atoms with E-state index in [-0.39, 0.29) is 18.6 Å².